The summed E-state index contributed by atoms with van der Waals surface area (Å²) in [5.74, 6) is 1.79. The molecule has 0 aromatic carbocycles. The molecule has 2 nitrogen and oxygen atoms in total. The van der Waals surface area contributed by atoms with Crippen molar-refractivity contribution in [2.75, 3.05) is 0 Å². The minimum absolute atomic E-state index is 0.00512. The first-order valence-corrected chi connectivity index (χ1v) is 8.12. The number of hydrogen-bond acceptors (Lipinski definition) is 2. The van der Waals surface area contributed by atoms with Crippen LogP contribution < -0.4 is 11.5 Å². The van der Waals surface area contributed by atoms with Crippen molar-refractivity contribution in [3.8, 4) is 0 Å². The highest BCUT2D eigenvalue weighted by Crippen LogP contribution is 2.61. The van der Waals surface area contributed by atoms with Crippen LogP contribution in [0.1, 0.15) is 71.1 Å². The average Bonchev–Trinajstić information content (AvgIpc) is 2.31. The Morgan fingerprint density at radius 2 is 1.67 bits per heavy atom. The van der Waals surface area contributed by atoms with Crippen molar-refractivity contribution in [2.45, 2.75) is 82.7 Å². The lowest BCUT2D eigenvalue weighted by molar-refractivity contribution is -0.0910. The molecule has 18 heavy (non-hydrogen) atoms. The van der Waals surface area contributed by atoms with Crippen LogP contribution in [0.15, 0.2) is 0 Å². The van der Waals surface area contributed by atoms with Gasteiger partial charge >= 0.3 is 0 Å². The molecule has 0 amide bonds. The monoisotopic (exact) mass is 250 g/mol. The van der Waals surface area contributed by atoms with Crippen molar-refractivity contribution < 1.29 is 0 Å². The summed E-state index contributed by atoms with van der Waals surface area (Å²) in [5.41, 5.74) is 13.7. The molecule has 3 unspecified atom stereocenters. The van der Waals surface area contributed by atoms with Crippen molar-refractivity contribution in [3.05, 3.63) is 0 Å². The van der Waals surface area contributed by atoms with Crippen LogP contribution in [0.3, 0.4) is 0 Å². The Morgan fingerprint density at radius 1 is 1.00 bits per heavy atom. The second-order valence-corrected chi connectivity index (χ2v) is 7.67. The highest BCUT2D eigenvalue weighted by Gasteiger charge is 2.60. The zero-order valence-corrected chi connectivity index (χ0v) is 12.0. The van der Waals surface area contributed by atoms with Gasteiger partial charge in [-0.05, 0) is 55.8 Å². The van der Waals surface area contributed by atoms with Crippen molar-refractivity contribution in [1.82, 2.24) is 0 Å². The third-order valence-electron chi connectivity index (χ3n) is 6.20. The molecule has 4 aliphatic carbocycles. The summed E-state index contributed by atoms with van der Waals surface area (Å²) in [7, 11) is 0. The first-order valence-electron chi connectivity index (χ1n) is 8.12. The van der Waals surface area contributed by atoms with Gasteiger partial charge in [0.1, 0.15) is 0 Å². The van der Waals surface area contributed by atoms with Gasteiger partial charge in [0.15, 0.2) is 0 Å². The third kappa shape index (κ3) is 1.92. The Morgan fingerprint density at radius 3 is 2.28 bits per heavy atom. The predicted molar refractivity (Wildman–Crippen MR) is 76.2 cm³/mol. The molecule has 104 valence electrons. The minimum Gasteiger partial charge on any atom is -0.326 e. The first kappa shape index (κ1) is 12.9. The van der Waals surface area contributed by atoms with Gasteiger partial charge in [0.2, 0.25) is 0 Å². The normalized spacial score (nSPS) is 49.8. The number of nitrogens with two attached hydrogens (primary N) is 2. The fourth-order valence-corrected chi connectivity index (χ4v) is 5.72. The fraction of sp³-hybridized carbons (Fsp3) is 1.00. The molecule has 0 aliphatic heterocycles. The standard InChI is InChI=1S/C16H30N2/c1-2-3-4-5-6-15-8-12-7-13(9-15)11-16(18,10-12)14(15)17/h12-14H,2-11,17-18H2,1H3. The Kier molecular flexibility index (Phi) is 3.22. The van der Waals surface area contributed by atoms with E-state index in [-0.39, 0.29) is 11.6 Å². The highest BCUT2D eigenvalue weighted by molar-refractivity contribution is 5.17. The van der Waals surface area contributed by atoms with Gasteiger partial charge in [-0.25, -0.2) is 0 Å². The average molecular weight is 250 g/mol. The maximum absolute atomic E-state index is 6.65. The molecular formula is C16H30N2. The van der Waals surface area contributed by atoms with E-state index in [9.17, 15) is 0 Å². The van der Waals surface area contributed by atoms with Crippen LogP contribution in [0, 0.1) is 17.3 Å². The van der Waals surface area contributed by atoms with Gasteiger partial charge in [-0.1, -0.05) is 32.6 Å². The Bertz CT molecular complexity index is 298. The van der Waals surface area contributed by atoms with Gasteiger partial charge in [-0.3, -0.25) is 0 Å². The fourth-order valence-electron chi connectivity index (χ4n) is 5.72. The summed E-state index contributed by atoms with van der Waals surface area (Å²) in [6.45, 7) is 2.28. The van der Waals surface area contributed by atoms with Crippen LogP contribution in [-0.4, -0.2) is 11.6 Å². The second kappa shape index (κ2) is 4.49. The third-order valence-corrected chi connectivity index (χ3v) is 6.20. The molecule has 3 atom stereocenters. The summed E-state index contributed by atoms with van der Waals surface area (Å²) in [6.07, 6.45) is 13.4. The molecule has 0 aromatic heterocycles. The molecule has 4 saturated carbocycles. The number of rotatable bonds is 5. The molecule has 2 heteroatoms. The lowest BCUT2D eigenvalue weighted by Gasteiger charge is -2.65. The minimum atomic E-state index is -0.00512. The van der Waals surface area contributed by atoms with Crippen molar-refractivity contribution in [2.24, 2.45) is 28.7 Å². The van der Waals surface area contributed by atoms with Crippen molar-refractivity contribution >= 4 is 0 Å². The highest BCUT2D eigenvalue weighted by atomic mass is 14.9. The van der Waals surface area contributed by atoms with Crippen molar-refractivity contribution in [1.29, 1.82) is 0 Å². The van der Waals surface area contributed by atoms with E-state index in [1.807, 2.05) is 0 Å². The van der Waals surface area contributed by atoms with Crippen LogP contribution >= 0.6 is 0 Å². The molecule has 4 bridgehead atoms. The molecular weight excluding hydrogens is 220 g/mol. The van der Waals surface area contributed by atoms with Crippen LogP contribution in [-0.2, 0) is 0 Å². The van der Waals surface area contributed by atoms with Crippen molar-refractivity contribution in [3.63, 3.8) is 0 Å². The first-order chi connectivity index (χ1) is 8.58. The predicted octanol–water partition coefficient (Wildman–Crippen LogP) is 3.19. The topological polar surface area (TPSA) is 52.0 Å². The molecule has 0 saturated heterocycles. The molecule has 4 aliphatic rings. The van der Waals surface area contributed by atoms with Crippen LogP contribution in [0.25, 0.3) is 0 Å². The second-order valence-electron chi connectivity index (χ2n) is 7.67. The Balaban J connectivity index is 1.70. The number of hydrogen-bond donors (Lipinski definition) is 2. The summed E-state index contributed by atoms with van der Waals surface area (Å²) in [6, 6.07) is 0.277. The van der Waals surface area contributed by atoms with Gasteiger partial charge in [0.05, 0.1) is 0 Å². The Hall–Kier alpha value is -0.0800. The van der Waals surface area contributed by atoms with E-state index in [0.29, 0.717) is 5.41 Å². The van der Waals surface area contributed by atoms with Crippen LogP contribution in [0.5, 0.6) is 0 Å². The van der Waals surface area contributed by atoms with E-state index in [1.54, 1.807) is 0 Å². The van der Waals surface area contributed by atoms with Gasteiger partial charge in [0, 0.05) is 11.6 Å². The van der Waals surface area contributed by atoms with Gasteiger partial charge in [-0.2, -0.15) is 0 Å². The molecule has 4 rings (SSSR count). The van der Waals surface area contributed by atoms with Gasteiger partial charge < -0.3 is 11.5 Å². The van der Waals surface area contributed by atoms with Crippen LogP contribution in [0.2, 0.25) is 0 Å². The van der Waals surface area contributed by atoms with Gasteiger partial charge in [0.25, 0.3) is 0 Å². The molecule has 0 spiro atoms. The molecule has 0 radical (unpaired) electrons. The molecule has 0 aromatic rings. The quantitative estimate of drug-likeness (QED) is 0.736. The number of unbranched alkanes of at least 4 members (excludes halogenated alkanes) is 3. The summed E-state index contributed by atoms with van der Waals surface area (Å²) < 4.78 is 0. The zero-order valence-electron chi connectivity index (χ0n) is 12.0. The maximum atomic E-state index is 6.65. The largest absolute Gasteiger partial charge is 0.326 e. The van der Waals surface area contributed by atoms with Crippen LogP contribution in [0.4, 0.5) is 0 Å². The summed E-state index contributed by atoms with van der Waals surface area (Å²) >= 11 is 0. The van der Waals surface area contributed by atoms with E-state index in [2.05, 4.69) is 6.92 Å². The Labute approximate surface area is 112 Å². The van der Waals surface area contributed by atoms with E-state index >= 15 is 0 Å². The maximum Gasteiger partial charge on any atom is 0.0318 e. The van der Waals surface area contributed by atoms with Gasteiger partial charge in [-0.15, -0.1) is 0 Å². The van der Waals surface area contributed by atoms with E-state index in [0.717, 1.165) is 11.8 Å². The van der Waals surface area contributed by atoms with E-state index in [4.69, 9.17) is 11.5 Å². The smallest absolute Gasteiger partial charge is 0.0318 e. The summed E-state index contributed by atoms with van der Waals surface area (Å²) in [5, 5.41) is 0. The lowest BCUT2D eigenvalue weighted by atomic mass is 9.44. The summed E-state index contributed by atoms with van der Waals surface area (Å²) in [4.78, 5) is 0. The lowest BCUT2D eigenvalue weighted by Crippen LogP contribution is -2.72. The van der Waals surface area contributed by atoms with E-state index < -0.39 is 0 Å². The zero-order chi connectivity index (χ0) is 12.8. The molecule has 4 fully saturated rings. The SMILES string of the molecule is CCCCCCC12CC3CC(CC(N)(C3)C1N)C2. The van der Waals surface area contributed by atoms with E-state index in [1.165, 1.54) is 64.2 Å². The molecule has 4 N–H and O–H groups in total. The molecule has 0 heterocycles.